The lowest BCUT2D eigenvalue weighted by atomic mass is 9.83. The Morgan fingerprint density at radius 1 is 0.467 bits per heavy atom. The molecule has 4 nitrogen and oxygen atoms in total. The van der Waals surface area contributed by atoms with E-state index in [1.807, 2.05) is 24.5 Å². The van der Waals surface area contributed by atoms with Crippen LogP contribution in [-0.2, 0) is 0 Å². The first-order valence-electron chi connectivity index (χ1n) is 21.2. The summed E-state index contributed by atoms with van der Waals surface area (Å²) in [6.45, 7) is 0. The molecule has 2 aromatic heterocycles. The molecular weight excluding hydrogens is 733 g/mol. The fourth-order valence-electron chi connectivity index (χ4n) is 9.42. The fourth-order valence-corrected chi connectivity index (χ4v) is 9.42. The van der Waals surface area contributed by atoms with Crippen molar-refractivity contribution in [3.05, 3.63) is 200 Å². The largest absolute Gasteiger partial charge is 0.464 e. The van der Waals surface area contributed by atoms with Crippen LogP contribution in [0.15, 0.2) is 203 Å². The van der Waals surface area contributed by atoms with Crippen molar-refractivity contribution in [3.63, 3.8) is 0 Å². The van der Waals surface area contributed by atoms with Crippen LogP contribution in [0.1, 0.15) is 43.6 Å². The minimum atomic E-state index is 0.534. The van der Waals surface area contributed by atoms with E-state index in [0.717, 1.165) is 78.2 Å². The molecule has 1 fully saturated rings. The number of furan rings is 2. The van der Waals surface area contributed by atoms with Crippen molar-refractivity contribution < 1.29 is 8.83 Å². The summed E-state index contributed by atoms with van der Waals surface area (Å²) in [4.78, 5) is 2.35. The van der Waals surface area contributed by atoms with Crippen LogP contribution in [0, 0.1) is 0 Å². The summed E-state index contributed by atoms with van der Waals surface area (Å²) in [6, 6.07) is 66.9. The van der Waals surface area contributed by atoms with Gasteiger partial charge >= 0.3 is 0 Å². The second-order valence-corrected chi connectivity index (χ2v) is 16.0. The van der Waals surface area contributed by atoms with Gasteiger partial charge in [0, 0.05) is 50.0 Å². The zero-order chi connectivity index (χ0) is 39.8. The molecule has 8 aromatic carbocycles. The number of rotatable bonds is 9. The first kappa shape index (κ1) is 35.8. The van der Waals surface area contributed by atoms with Gasteiger partial charge < -0.3 is 19.1 Å². The molecule has 1 N–H and O–H groups in total. The zero-order valence-corrected chi connectivity index (χ0v) is 33.4. The van der Waals surface area contributed by atoms with E-state index in [9.17, 15) is 0 Å². The second kappa shape index (κ2) is 15.5. The van der Waals surface area contributed by atoms with Crippen LogP contribution in [-0.4, -0.2) is 0 Å². The number of benzene rings is 8. The van der Waals surface area contributed by atoms with Crippen LogP contribution in [0.2, 0.25) is 0 Å². The van der Waals surface area contributed by atoms with Crippen molar-refractivity contribution in [1.82, 2.24) is 0 Å². The van der Waals surface area contributed by atoms with Gasteiger partial charge in [0.15, 0.2) is 5.58 Å². The molecule has 1 aliphatic rings. The minimum Gasteiger partial charge on any atom is -0.464 e. The van der Waals surface area contributed by atoms with Crippen LogP contribution in [0.5, 0.6) is 0 Å². The number of fused-ring (bicyclic) bond motifs is 4. The zero-order valence-electron chi connectivity index (χ0n) is 33.4. The Morgan fingerprint density at radius 2 is 1.08 bits per heavy atom. The molecule has 10 aromatic rings. The van der Waals surface area contributed by atoms with E-state index in [4.69, 9.17) is 8.83 Å². The van der Waals surface area contributed by atoms with E-state index < -0.39 is 0 Å². The van der Waals surface area contributed by atoms with Crippen molar-refractivity contribution in [2.45, 2.75) is 38.0 Å². The highest BCUT2D eigenvalue weighted by Gasteiger charge is 2.24. The van der Waals surface area contributed by atoms with Crippen LogP contribution < -0.4 is 10.2 Å². The highest BCUT2D eigenvalue weighted by molar-refractivity contribution is 6.11. The van der Waals surface area contributed by atoms with Crippen molar-refractivity contribution in [2.24, 2.45) is 0 Å². The summed E-state index contributed by atoms with van der Waals surface area (Å²) in [6.07, 6.45) is 8.22. The Kier molecular flexibility index (Phi) is 9.24. The molecule has 0 radical (unpaired) electrons. The van der Waals surface area contributed by atoms with Crippen molar-refractivity contribution in [1.29, 1.82) is 0 Å². The quantitative estimate of drug-likeness (QED) is 0.159. The molecule has 4 heteroatoms. The van der Waals surface area contributed by atoms with Gasteiger partial charge in [-0.2, -0.15) is 0 Å². The van der Waals surface area contributed by atoms with Gasteiger partial charge in [-0.15, -0.1) is 0 Å². The molecule has 11 rings (SSSR count). The van der Waals surface area contributed by atoms with Gasteiger partial charge in [0.05, 0.1) is 12.0 Å². The molecule has 2 heterocycles. The Morgan fingerprint density at radius 3 is 1.85 bits per heavy atom. The van der Waals surface area contributed by atoms with Crippen LogP contribution >= 0.6 is 0 Å². The number of nitrogens with zero attached hydrogens (tertiary/aromatic N) is 1. The van der Waals surface area contributed by atoms with Gasteiger partial charge in [0.2, 0.25) is 0 Å². The predicted molar refractivity (Wildman–Crippen MR) is 250 cm³/mol. The van der Waals surface area contributed by atoms with E-state index in [2.05, 4.69) is 180 Å². The van der Waals surface area contributed by atoms with Crippen molar-refractivity contribution in [3.8, 4) is 33.4 Å². The maximum Gasteiger partial charge on any atom is 0.159 e. The van der Waals surface area contributed by atoms with E-state index in [1.54, 1.807) is 0 Å². The lowest BCUT2D eigenvalue weighted by molar-refractivity contribution is 0.442. The van der Waals surface area contributed by atoms with Crippen LogP contribution in [0.4, 0.5) is 28.4 Å². The minimum absolute atomic E-state index is 0.534. The number of anilines is 5. The maximum absolute atomic E-state index is 7.07. The molecule has 0 atom stereocenters. The molecule has 0 amide bonds. The van der Waals surface area contributed by atoms with Crippen LogP contribution in [0.25, 0.3) is 66.3 Å². The third-order valence-electron chi connectivity index (χ3n) is 12.4. The van der Waals surface area contributed by atoms with E-state index >= 15 is 0 Å². The highest BCUT2D eigenvalue weighted by Crippen LogP contribution is 2.47. The van der Waals surface area contributed by atoms with Crippen molar-refractivity contribution >= 4 is 61.3 Å². The van der Waals surface area contributed by atoms with Crippen LogP contribution in [0.3, 0.4) is 0 Å². The first-order chi connectivity index (χ1) is 29.8. The normalized spacial score (nSPS) is 13.3. The average molecular weight is 777 g/mol. The summed E-state index contributed by atoms with van der Waals surface area (Å²) < 4.78 is 13.2. The van der Waals surface area contributed by atoms with Gasteiger partial charge in [-0.3, -0.25) is 0 Å². The van der Waals surface area contributed by atoms with E-state index in [-0.39, 0.29) is 0 Å². The summed E-state index contributed by atoms with van der Waals surface area (Å²) >= 11 is 0. The summed E-state index contributed by atoms with van der Waals surface area (Å²) in [5, 5.41) is 7.12. The SMILES string of the molecule is c1ccc(Nc2cccc(-c3ccc(N(c4ccc(-c5ccccc5)cc4)c4cccc5c4oc4c(C6CCCCC6)cccc45)cc3)c2-c2coc3ccccc23)cc1. The summed E-state index contributed by atoms with van der Waals surface area (Å²) in [5.74, 6) is 0.534. The monoisotopic (exact) mass is 776 g/mol. The first-order valence-corrected chi connectivity index (χ1v) is 21.2. The molecule has 0 aliphatic heterocycles. The summed E-state index contributed by atoms with van der Waals surface area (Å²) in [7, 11) is 0. The lowest BCUT2D eigenvalue weighted by Gasteiger charge is -2.26. The smallest absolute Gasteiger partial charge is 0.159 e. The molecule has 1 aliphatic carbocycles. The number of para-hydroxylation sites is 4. The molecule has 1 saturated carbocycles. The Hall–Kier alpha value is -7.30. The molecule has 60 heavy (non-hydrogen) atoms. The standard InChI is InChI=1S/C56H44N2O2/c1-4-15-38(16-5-1)39-29-33-43(34-30-39)58(52-27-14-25-49-48-24-12-23-46(55(48)60-56(49)52)40-17-6-2-7-18-40)44-35-31-41(32-36-44)45-22-13-26-51(57-42-19-8-3-9-20-42)54(45)50-37-59-53-28-11-10-21-47(50)53/h1,3-5,8-16,19-37,40,57H,2,6-7,17-18H2. The third-order valence-corrected chi connectivity index (χ3v) is 12.4. The predicted octanol–water partition coefficient (Wildman–Crippen LogP) is 16.6. The summed E-state index contributed by atoms with van der Waals surface area (Å²) in [5.41, 5.74) is 16.0. The fraction of sp³-hybridized carbons (Fsp3) is 0.107. The number of hydrogen-bond acceptors (Lipinski definition) is 4. The number of hydrogen-bond donors (Lipinski definition) is 1. The van der Waals surface area contributed by atoms with Gasteiger partial charge in [-0.1, -0.05) is 153 Å². The second-order valence-electron chi connectivity index (χ2n) is 16.0. The van der Waals surface area contributed by atoms with Gasteiger partial charge in [-0.05, 0) is 101 Å². The average Bonchev–Trinajstić information content (AvgIpc) is 3.93. The Bertz CT molecular complexity index is 3080. The third kappa shape index (κ3) is 6.51. The van der Waals surface area contributed by atoms with Gasteiger partial charge in [0.1, 0.15) is 11.2 Å². The van der Waals surface area contributed by atoms with Gasteiger partial charge in [0.25, 0.3) is 0 Å². The molecule has 0 bridgehead atoms. The highest BCUT2D eigenvalue weighted by atomic mass is 16.3. The van der Waals surface area contributed by atoms with E-state index in [0.29, 0.717) is 5.92 Å². The maximum atomic E-state index is 7.07. The Labute approximate surface area is 350 Å². The molecular formula is C56H44N2O2. The topological polar surface area (TPSA) is 41.5 Å². The molecule has 0 saturated heterocycles. The molecule has 290 valence electrons. The molecule has 0 unspecified atom stereocenters. The lowest BCUT2D eigenvalue weighted by Crippen LogP contribution is -2.10. The van der Waals surface area contributed by atoms with E-state index in [1.165, 1.54) is 54.2 Å². The molecule has 0 spiro atoms. The number of nitrogens with one attached hydrogen (secondary N) is 1. The van der Waals surface area contributed by atoms with Gasteiger partial charge in [-0.25, -0.2) is 0 Å². The van der Waals surface area contributed by atoms with Crippen molar-refractivity contribution in [2.75, 3.05) is 10.2 Å². The Balaban J connectivity index is 1.06.